The molecule has 2 aromatic rings. The van der Waals surface area contributed by atoms with Gasteiger partial charge >= 0.3 is 0 Å². The first-order chi connectivity index (χ1) is 14.1. The van der Waals surface area contributed by atoms with Crippen molar-refractivity contribution in [2.24, 2.45) is 0 Å². The van der Waals surface area contributed by atoms with Gasteiger partial charge in [0, 0.05) is 37.3 Å². The van der Waals surface area contributed by atoms with Crippen molar-refractivity contribution in [3.63, 3.8) is 0 Å². The first-order valence-corrected chi connectivity index (χ1v) is 10.2. The van der Waals surface area contributed by atoms with Crippen molar-refractivity contribution in [1.29, 1.82) is 0 Å². The van der Waals surface area contributed by atoms with Gasteiger partial charge < -0.3 is 15.1 Å². The molecule has 0 spiro atoms. The Balaban J connectivity index is 1.40. The minimum atomic E-state index is -0.439. The van der Waals surface area contributed by atoms with E-state index in [-0.39, 0.29) is 17.7 Å². The number of anilines is 1. The van der Waals surface area contributed by atoms with Crippen LogP contribution in [0.2, 0.25) is 0 Å². The van der Waals surface area contributed by atoms with Crippen molar-refractivity contribution in [3.05, 3.63) is 65.7 Å². The largest absolute Gasteiger partial charge is 0.350 e. The normalized spacial score (nSPS) is 18.9. The maximum Gasteiger partial charge on any atom is 0.254 e. The van der Waals surface area contributed by atoms with Gasteiger partial charge in [-0.25, -0.2) is 0 Å². The fourth-order valence-electron chi connectivity index (χ4n) is 4.06. The lowest BCUT2D eigenvalue weighted by atomic mass is 10.1. The fraction of sp³-hybridized carbons (Fsp3) is 0.348. The van der Waals surface area contributed by atoms with Crippen LogP contribution in [-0.4, -0.2) is 41.8 Å². The number of hydrogen-bond acceptors (Lipinski definition) is 3. The Morgan fingerprint density at radius 1 is 0.966 bits per heavy atom. The molecule has 2 aromatic carbocycles. The van der Waals surface area contributed by atoms with E-state index in [4.69, 9.17) is 0 Å². The second-order valence-electron chi connectivity index (χ2n) is 7.56. The van der Waals surface area contributed by atoms with Crippen LogP contribution in [0.25, 0.3) is 0 Å². The van der Waals surface area contributed by atoms with Gasteiger partial charge in [-0.1, -0.05) is 30.3 Å². The van der Waals surface area contributed by atoms with Crippen molar-refractivity contribution in [3.8, 4) is 0 Å². The zero-order valence-electron chi connectivity index (χ0n) is 16.3. The second-order valence-corrected chi connectivity index (χ2v) is 7.56. The summed E-state index contributed by atoms with van der Waals surface area (Å²) in [6.07, 6.45) is 2.93. The average Bonchev–Trinajstić information content (AvgIpc) is 3.41. The zero-order chi connectivity index (χ0) is 20.2. The molecule has 1 atom stereocenters. The highest BCUT2D eigenvalue weighted by molar-refractivity contribution is 5.99. The van der Waals surface area contributed by atoms with Gasteiger partial charge in [-0.15, -0.1) is 0 Å². The number of rotatable bonds is 5. The molecule has 6 nitrogen and oxygen atoms in total. The van der Waals surface area contributed by atoms with Crippen LogP contribution in [0.1, 0.15) is 41.6 Å². The number of nitrogens with one attached hydrogen (secondary N) is 1. The predicted octanol–water partition coefficient (Wildman–Crippen LogP) is 2.73. The summed E-state index contributed by atoms with van der Waals surface area (Å²) in [6.45, 7) is 1.76. The molecule has 0 radical (unpaired) electrons. The van der Waals surface area contributed by atoms with E-state index in [1.54, 1.807) is 21.9 Å². The highest BCUT2D eigenvalue weighted by Crippen LogP contribution is 2.24. The molecule has 0 aliphatic carbocycles. The number of amides is 3. The molecule has 29 heavy (non-hydrogen) atoms. The van der Waals surface area contributed by atoms with Gasteiger partial charge in [0.15, 0.2) is 0 Å². The van der Waals surface area contributed by atoms with E-state index in [1.807, 2.05) is 42.5 Å². The molecule has 2 fully saturated rings. The summed E-state index contributed by atoms with van der Waals surface area (Å²) in [5.74, 6) is -0.126. The Kier molecular flexibility index (Phi) is 5.60. The quantitative estimate of drug-likeness (QED) is 0.852. The minimum absolute atomic E-state index is 0.112. The van der Waals surface area contributed by atoms with Crippen molar-refractivity contribution in [1.82, 2.24) is 10.2 Å². The third kappa shape index (κ3) is 4.16. The lowest BCUT2D eigenvalue weighted by Crippen LogP contribution is -2.45. The average molecular weight is 391 g/mol. The Bertz CT molecular complexity index is 895. The molecule has 0 unspecified atom stereocenters. The summed E-state index contributed by atoms with van der Waals surface area (Å²) in [4.78, 5) is 41.0. The third-order valence-electron chi connectivity index (χ3n) is 5.63. The van der Waals surface area contributed by atoms with Gasteiger partial charge in [0.1, 0.15) is 6.04 Å². The zero-order valence-corrected chi connectivity index (χ0v) is 16.3. The van der Waals surface area contributed by atoms with Crippen LogP contribution in [0.5, 0.6) is 0 Å². The summed E-state index contributed by atoms with van der Waals surface area (Å²) in [5.41, 5.74) is 2.40. The van der Waals surface area contributed by atoms with Crippen molar-refractivity contribution >= 4 is 23.4 Å². The lowest BCUT2D eigenvalue weighted by molar-refractivity contribution is -0.125. The van der Waals surface area contributed by atoms with Crippen LogP contribution >= 0.6 is 0 Å². The number of hydrogen-bond donors (Lipinski definition) is 1. The molecule has 2 aliphatic heterocycles. The van der Waals surface area contributed by atoms with E-state index in [9.17, 15) is 14.4 Å². The molecule has 1 N–H and O–H groups in total. The van der Waals surface area contributed by atoms with Gasteiger partial charge in [-0.05, 0) is 49.1 Å². The van der Waals surface area contributed by atoms with Crippen molar-refractivity contribution < 1.29 is 14.4 Å². The smallest absolute Gasteiger partial charge is 0.254 e. The monoisotopic (exact) mass is 391 g/mol. The number of benzene rings is 2. The van der Waals surface area contributed by atoms with Crippen LogP contribution in [-0.2, 0) is 16.1 Å². The number of nitrogens with zero attached hydrogens (tertiary/aromatic N) is 2. The van der Waals surface area contributed by atoms with Gasteiger partial charge in [-0.3, -0.25) is 14.4 Å². The van der Waals surface area contributed by atoms with E-state index in [2.05, 4.69) is 5.32 Å². The number of likely N-dealkylation sites (tertiary alicyclic amines) is 1. The maximum absolute atomic E-state index is 13.0. The summed E-state index contributed by atoms with van der Waals surface area (Å²) >= 11 is 0. The van der Waals surface area contributed by atoms with E-state index >= 15 is 0 Å². The Hall–Kier alpha value is -3.15. The van der Waals surface area contributed by atoms with Crippen LogP contribution in [0.3, 0.4) is 0 Å². The van der Waals surface area contributed by atoms with Crippen LogP contribution in [0.4, 0.5) is 5.69 Å². The van der Waals surface area contributed by atoms with Crippen LogP contribution < -0.4 is 10.2 Å². The molecule has 4 rings (SSSR count). The molecule has 2 heterocycles. The first kappa shape index (κ1) is 19.2. The third-order valence-corrected chi connectivity index (χ3v) is 5.63. The summed E-state index contributed by atoms with van der Waals surface area (Å²) in [6, 6.07) is 16.4. The molecule has 0 saturated carbocycles. The molecule has 3 amide bonds. The summed E-state index contributed by atoms with van der Waals surface area (Å²) in [5, 5.41) is 2.95. The lowest BCUT2D eigenvalue weighted by Gasteiger charge is -2.24. The van der Waals surface area contributed by atoms with Crippen LogP contribution in [0, 0.1) is 0 Å². The Labute approximate surface area is 170 Å². The number of carbonyl (C=O) groups excluding carboxylic acids is 3. The van der Waals surface area contributed by atoms with E-state index in [0.717, 1.165) is 30.6 Å². The molecular formula is C23H25N3O3. The predicted molar refractivity (Wildman–Crippen MR) is 110 cm³/mol. The molecule has 2 saturated heterocycles. The molecular weight excluding hydrogens is 366 g/mol. The summed E-state index contributed by atoms with van der Waals surface area (Å²) in [7, 11) is 0. The van der Waals surface area contributed by atoms with Gasteiger partial charge in [-0.2, -0.15) is 0 Å². The van der Waals surface area contributed by atoms with Crippen molar-refractivity contribution in [2.45, 2.75) is 38.3 Å². The van der Waals surface area contributed by atoms with E-state index in [1.165, 1.54) is 0 Å². The Morgan fingerprint density at radius 2 is 1.72 bits per heavy atom. The number of carbonyl (C=O) groups is 3. The minimum Gasteiger partial charge on any atom is -0.350 e. The molecule has 6 heteroatoms. The highest BCUT2D eigenvalue weighted by atomic mass is 16.2. The van der Waals surface area contributed by atoms with E-state index < -0.39 is 6.04 Å². The maximum atomic E-state index is 13.0. The summed E-state index contributed by atoms with van der Waals surface area (Å²) < 4.78 is 0. The highest BCUT2D eigenvalue weighted by Gasteiger charge is 2.34. The second kappa shape index (κ2) is 8.47. The topological polar surface area (TPSA) is 69.7 Å². The standard InChI is InChI=1S/C23H25N3O3/c27-21-9-5-14-25(21)19-12-10-18(11-13-19)23(29)26-15-4-8-20(26)22(28)24-16-17-6-2-1-3-7-17/h1-3,6-7,10-13,20H,4-5,8-9,14-16H2,(H,24,28)/t20-/m0/s1. The van der Waals surface area contributed by atoms with Gasteiger partial charge in [0.25, 0.3) is 5.91 Å². The fourth-order valence-corrected chi connectivity index (χ4v) is 4.06. The van der Waals surface area contributed by atoms with Crippen molar-refractivity contribution in [2.75, 3.05) is 18.0 Å². The van der Waals surface area contributed by atoms with Gasteiger partial charge in [0.05, 0.1) is 0 Å². The molecule has 0 aromatic heterocycles. The Morgan fingerprint density at radius 3 is 2.41 bits per heavy atom. The van der Waals surface area contributed by atoms with Crippen LogP contribution in [0.15, 0.2) is 54.6 Å². The first-order valence-electron chi connectivity index (χ1n) is 10.2. The SMILES string of the molecule is O=C(NCc1ccccc1)[C@@H]1CCCN1C(=O)c1ccc(N2CCCC2=O)cc1. The molecule has 150 valence electrons. The van der Waals surface area contributed by atoms with Gasteiger partial charge in [0.2, 0.25) is 11.8 Å². The van der Waals surface area contributed by atoms with E-state index in [0.29, 0.717) is 31.5 Å². The molecule has 0 bridgehead atoms. The molecule has 2 aliphatic rings.